The Balaban J connectivity index is 2.97. The Morgan fingerprint density at radius 1 is 1.40 bits per heavy atom. The molecule has 0 spiro atoms. The first-order valence-electron chi connectivity index (χ1n) is 4.19. The van der Waals surface area contributed by atoms with Gasteiger partial charge in [-0.25, -0.2) is 0 Å². The van der Waals surface area contributed by atoms with Crippen molar-refractivity contribution in [3.8, 4) is 12.3 Å². The zero-order valence-electron chi connectivity index (χ0n) is 8.13. The number of nitrogens with zero attached hydrogens (tertiary/aromatic N) is 1. The van der Waals surface area contributed by atoms with Crippen LogP contribution in [0, 0.1) is 12.3 Å². The summed E-state index contributed by atoms with van der Waals surface area (Å²) in [6, 6.07) is 5.40. The smallest absolute Gasteiger partial charge is 0.254 e. The van der Waals surface area contributed by atoms with Gasteiger partial charge in [0.2, 0.25) is 0 Å². The molecule has 0 aliphatic carbocycles. The summed E-state index contributed by atoms with van der Waals surface area (Å²) in [7, 11) is 1.68. The lowest BCUT2D eigenvalue weighted by molar-refractivity contribution is 0.0812. The first-order chi connectivity index (χ1) is 7.04. The van der Waals surface area contributed by atoms with Crippen molar-refractivity contribution in [3.05, 3.63) is 32.7 Å². The average molecular weight is 331 g/mol. The third-order valence-electron chi connectivity index (χ3n) is 1.78. The molecule has 1 aromatic carbocycles. The van der Waals surface area contributed by atoms with Crippen LogP contribution in [-0.2, 0) is 0 Å². The number of amides is 1. The summed E-state index contributed by atoms with van der Waals surface area (Å²) < 4.78 is 1.71. The number of rotatable bonds is 2. The summed E-state index contributed by atoms with van der Waals surface area (Å²) in [6.07, 6.45) is 5.14. The van der Waals surface area contributed by atoms with Gasteiger partial charge in [-0.15, -0.1) is 6.42 Å². The van der Waals surface area contributed by atoms with Crippen LogP contribution in [0.2, 0.25) is 0 Å². The van der Waals surface area contributed by atoms with Gasteiger partial charge in [-0.05, 0) is 18.2 Å². The molecule has 2 nitrogen and oxygen atoms in total. The van der Waals surface area contributed by atoms with Gasteiger partial charge in [-0.3, -0.25) is 4.79 Å². The van der Waals surface area contributed by atoms with E-state index in [1.54, 1.807) is 19.2 Å². The predicted octanol–water partition coefficient (Wildman–Crippen LogP) is 2.92. The van der Waals surface area contributed by atoms with Crippen molar-refractivity contribution in [2.24, 2.45) is 0 Å². The quantitative estimate of drug-likeness (QED) is 0.763. The van der Waals surface area contributed by atoms with Crippen LogP contribution in [0.1, 0.15) is 10.4 Å². The van der Waals surface area contributed by atoms with Crippen LogP contribution in [0.25, 0.3) is 0 Å². The van der Waals surface area contributed by atoms with E-state index in [1.807, 2.05) is 6.07 Å². The number of halogens is 2. The molecule has 0 fully saturated rings. The number of benzene rings is 1. The molecule has 0 radical (unpaired) electrons. The molecule has 0 aliphatic rings. The number of carbonyl (C=O) groups is 1. The van der Waals surface area contributed by atoms with Gasteiger partial charge in [0, 0.05) is 21.6 Å². The van der Waals surface area contributed by atoms with Crippen LogP contribution >= 0.6 is 31.9 Å². The second kappa shape index (κ2) is 5.34. The molecule has 78 valence electrons. The van der Waals surface area contributed by atoms with Gasteiger partial charge in [-0.1, -0.05) is 37.8 Å². The van der Waals surface area contributed by atoms with Gasteiger partial charge in [0.25, 0.3) is 5.91 Å². The Morgan fingerprint density at radius 2 is 1.93 bits per heavy atom. The molecule has 0 unspecified atom stereocenters. The Kier molecular flexibility index (Phi) is 4.37. The monoisotopic (exact) mass is 329 g/mol. The molecule has 1 aromatic rings. The summed E-state index contributed by atoms with van der Waals surface area (Å²) in [5.74, 6) is 2.34. The van der Waals surface area contributed by atoms with Gasteiger partial charge in [0.05, 0.1) is 6.54 Å². The predicted molar refractivity (Wildman–Crippen MR) is 67.6 cm³/mol. The van der Waals surface area contributed by atoms with Crippen molar-refractivity contribution in [2.75, 3.05) is 13.6 Å². The maximum Gasteiger partial charge on any atom is 0.254 e. The Morgan fingerprint density at radius 3 is 2.40 bits per heavy atom. The molecule has 1 amide bonds. The second-order valence-corrected chi connectivity index (χ2v) is 4.85. The lowest BCUT2D eigenvalue weighted by Gasteiger charge is -2.14. The highest BCUT2D eigenvalue weighted by atomic mass is 79.9. The van der Waals surface area contributed by atoms with E-state index in [1.165, 1.54) is 4.90 Å². The fraction of sp³-hybridized carbons (Fsp3) is 0.182. The molecule has 0 N–H and O–H groups in total. The largest absolute Gasteiger partial charge is 0.331 e. The molecule has 15 heavy (non-hydrogen) atoms. The minimum atomic E-state index is -0.0880. The molecule has 0 atom stereocenters. The SMILES string of the molecule is C#CCN(C)C(=O)c1cc(Br)cc(Br)c1. The first-order valence-corrected chi connectivity index (χ1v) is 5.78. The summed E-state index contributed by atoms with van der Waals surface area (Å²) >= 11 is 6.66. The minimum absolute atomic E-state index is 0.0880. The van der Waals surface area contributed by atoms with Gasteiger partial charge in [-0.2, -0.15) is 0 Å². The van der Waals surface area contributed by atoms with Crippen LogP contribution in [0.15, 0.2) is 27.1 Å². The molecular formula is C11H9Br2NO. The fourth-order valence-electron chi connectivity index (χ4n) is 1.11. The first kappa shape index (κ1) is 12.3. The van der Waals surface area contributed by atoms with Crippen LogP contribution in [0.5, 0.6) is 0 Å². The topological polar surface area (TPSA) is 20.3 Å². The van der Waals surface area contributed by atoms with E-state index in [2.05, 4.69) is 37.8 Å². The minimum Gasteiger partial charge on any atom is -0.331 e. The van der Waals surface area contributed by atoms with Crippen molar-refractivity contribution in [1.82, 2.24) is 4.90 Å². The van der Waals surface area contributed by atoms with Crippen molar-refractivity contribution >= 4 is 37.8 Å². The molecular weight excluding hydrogens is 322 g/mol. The highest BCUT2D eigenvalue weighted by Crippen LogP contribution is 2.20. The number of hydrogen-bond acceptors (Lipinski definition) is 1. The Hall–Kier alpha value is -0.790. The standard InChI is InChI=1S/C11H9Br2NO/c1-3-4-14(2)11(15)8-5-9(12)7-10(13)6-8/h1,5-7H,4H2,2H3. The zero-order chi connectivity index (χ0) is 11.4. The summed E-state index contributed by atoms with van der Waals surface area (Å²) in [4.78, 5) is 13.3. The van der Waals surface area contributed by atoms with Gasteiger partial charge in [0.1, 0.15) is 0 Å². The number of carbonyl (C=O) groups excluding carboxylic acids is 1. The average Bonchev–Trinajstić information content (AvgIpc) is 2.15. The molecule has 0 saturated carbocycles. The second-order valence-electron chi connectivity index (χ2n) is 3.02. The van der Waals surface area contributed by atoms with E-state index in [-0.39, 0.29) is 5.91 Å². The van der Waals surface area contributed by atoms with E-state index in [9.17, 15) is 4.79 Å². The molecule has 4 heteroatoms. The molecule has 0 saturated heterocycles. The summed E-state index contributed by atoms with van der Waals surface area (Å²) in [5.41, 5.74) is 0.606. The van der Waals surface area contributed by atoms with Crippen LogP contribution in [-0.4, -0.2) is 24.4 Å². The van der Waals surface area contributed by atoms with Crippen LogP contribution in [0.3, 0.4) is 0 Å². The highest BCUT2D eigenvalue weighted by molar-refractivity contribution is 9.11. The van der Waals surface area contributed by atoms with Crippen molar-refractivity contribution in [2.45, 2.75) is 0 Å². The molecule has 0 aliphatic heterocycles. The number of terminal acetylenes is 1. The van der Waals surface area contributed by atoms with E-state index < -0.39 is 0 Å². The lowest BCUT2D eigenvalue weighted by Crippen LogP contribution is -2.26. The van der Waals surface area contributed by atoms with E-state index >= 15 is 0 Å². The summed E-state index contributed by atoms with van der Waals surface area (Å²) in [5, 5.41) is 0. The van der Waals surface area contributed by atoms with E-state index in [4.69, 9.17) is 6.42 Å². The highest BCUT2D eigenvalue weighted by Gasteiger charge is 2.11. The number of hydrogen-bond donors (Lipinski definition) is 0. The summed E-state index contributed by atoms with van der Waals surface area (Å²) in [6.45, 7) is 0.308. The maximum absolute atomic E-state index is 11.8. The van der Waals surface area contributed by atoms with Crippen molar-refractivity contribution in [3.63, 3.8) is 0 Å². The fourth-order valence-corrected chi connectivity index (χ4v) is 2.40. The Labute approximate surface area is 106 Å². The van der Waals surface area contributed by atoms with E-state index in [0.29, 0.717) is 12.1 Å². The normalized spacial score (nSPS) is 9.47. The third-order valence-corrected chi connectivity index (χ3v) is 2.70. The van der Waals surface area contributed by atoms with Crippen LogP contribution in [0.4, 0.5) is 0 Å². The lowest BCUT2D eigenvalue weighted by atomic mass is 10.2. The van der Waals surface area contributed by atoms with E-state index in [0.717, 1.165) is 8.95 Å². The third kappa shape index (κ3) is 3.37. The van der Waals surface area contributed by atoms with Crippen molar-refractivity contribution in [1.29, 1.82) is 0 Å². The van der Waals surface area contributed by atoms with Gasteiger partial charge >= 0.3 is 0 Å². The van der Waals surface area contributed by atoms with Crippen LogP contribution < -0.4 is 0 Å². The molecule has 0 heterocycles. The maximum atomic E-state index is 11.8. The molecule has 0 bridgehead atoms. The molecule has 1 rings (SSSR count). The van der Waals surface area contributed by atoms with Gasteiger partial charge in [0.15, 0.2) is 0 Å². The molecule has 0 aromatic heterocycles. The Bertz CT molecular complexity index is 403. The zero-order valence-corrected chi connectivity index (χ0v) is 11.3. The van der Waals surface area contributed by atoms with Gasteiger partial charge < -0.3 is 4.90 Å². The van der Waals surface area contributed by atoms with Crippen molar-refractivity contribution < 1.29 is 4.79 Å².